The highest BCUT2D eigenvalue weighted by atomic mass is 16.6. The second-order valence-corrected chi connectivity index (χ2v) is 9.37. The van der Waals surface area contributed by atoms with Gasteiger partial charge in [-0.15, -0.1) is 0 Å². The SMILES string of the molecule is CC1CC2OC(=O)C(CN3CCCCC3)C2CC2(C)C(O)CC(O)C12. The minimum absolute atomic E-state index is 0.0390. The molecule has 8 unspecified atom stereocenters. The fraction of sp³-hybridized carbons (Fsp3) is 0.950. The van der Waals surface area contributed by atoms with Gasteiger partial charge in [0.1, 0.15) is 6.10 Å². The van der Waals surface area contributed by atoms with E-state index >= 15 is 0 Å². The van der Waals surface area contributed by atoms with Crippen LogP contribution in [0.1, 0.15) is 52.4 Å². The lowest BCUT2D eigenvalue weighted by Crippen LogP contribution is -2.41. The molecule has 25 heavy (non-hydrogen) atoms. The Kier molecular flexibility index (Phi) is 4.62. The highest BCUT2D eigenvalue weighted by Gasteiger charge is 2.60. The number of ether oxygens (including phenoxy) is 1. The van der Waals surface area contributed by atoms with Crippen molar-refractivity contribution in [2.75, 3.05) is 19.6 Å². The van der Waals surface area contributed by atoms with E-state index in [0.29, 0.717) is 6.42 Å². The number of aliphatic hydroxyl groups excluding tert-OH is 2. The molecule has 8 atom stereocenters. The highest BCUT2D eigenvalue weighted by molar-refractivity contribution is 5.75. The molecule has 142 valence electrons. The van der Waals surface area contributed by atoms with Crippen molar-refractivity contribution in [2.24, 2.45) is 29.1 Å². The van der Waals surface area contributed by atoms with Gasteiger partial charge in [0.05, 0.1) is 18.1 Å². The maximum atomic E-state index is 12.6. The first-order valence-corrected chi connectivity index (χ1v) is 10.2. The third kappa shape index (κ3) is 2.92. The molecule has 0 spiro atoms. The molecule has 2 N–H and O–H groups in total. The topological polar surface area (TPSA) is 70.0 Å². The predicted molar refractivity (Wildman–Crippen MR) is 93.8 cm³/mol. The Balaban J connectivity index is 1.57. The summed E-state index contributed by atoms with van der Waals surface area (Å²) in [5, 5.41) is 21.2. The van der Waals surface area contributed by atoms with Crippen LogP contribution in [0.3, 0.4) is 0 Å². The molecule has 4 aliphatic rings. The van der Waals surface area contributed by atoms with Crippen LogP contribution in [0.2, 0.25) is 0 Å². The summed E-state index contributed by atoms with van der Waals surface area (Å²) in [5.74, 6) is 0.418. The van der Waals surface area contributed by atoms with E-state index in [0.717, 1.165) is 32.5 Å². The maximum absolute atomic E-state index is 12.6. The van der Waals surface area contributed by atoms with Crippen molar-refractivity contribution in [1.29, 1.82) is 0 Å². The quantitative estimate of drug-likeness (QED) is 0.743. The van der Waals surface area contributed by atoms with Gasteiger partial charge in [-0.1, -0.05) is 20.3 Å². The molecule has 2 saturated heterocycles. The molecular formula is C20H33NO4. The molecule has 2 aliphatic carbocycles. The van der Waals surface area contributed by atoms with Crippen molar-refractivity contribution >= 4 is 5.97 Å². The van der Waals surface area contributed by atoms with Gasteiger partial charge in [-0.3, -0.25) is 4.79 Å². The van der Waals surface area contributed by atoms with Gasteiger partial charge in [-0.05, 0) is 56.0 Å². The third-order valence-electron chi connectivity index (χ3n) is 7.76. The summed E-state index contributed by atoms with van der Waals surface area (Å²) < 4.78 is 5.82. The van der Waals surface area contributed by atoms with Gasteiger partial charge in [0.2, 0.25) is 0 Å². The van der Waals surface area contributed by atoms with Crippen LogP contribution in [-0.2, 0) is 9.53 Å². The van der Waals surface area contributed by atoms with Crippen molar-refractivity contribution in [3.05, 3.63) is 0 Å². The van der Waals surface area contributed by atoms with E-state index in [1.807, 2.05) is 0 Å². The van der Waals surface area contributed by atoms with Gasteiger partial charge < -0.3 is 19.8 Å². The second kappa shape index (κ2) is 6.50. The molecule has 2 heterocycles. The lowest BCUT2D eigenvalue weighted by molar-refractivity contribution is -0.145. The van der Waals surface area contributed by atoms with Crippen molar-refractivity contribution in [1.82, 2.24) is 4.90 Å². The summed E-state index contributed by atoms with van der Waals surface area (Å²) >= 11 is 0. The molecule has 2 aliphatic heterocycles. The van der Waals surface area contributed by atoms with Gasteiger partial charge in [-0.25, -0.2) is 0 Å². The lowest BCUT2D eigenvalue weighted by Gasteiger charge is -2.38. The van der Waals surface area contributed by atoms with Gasteiger partial charge in [0, 0.05) is 18.9 Å². The number of piperidine rings is 1. The third-order valence-corrected chi connectivity index (χ3v) is 7.76. The summed E-state index contributed by atoms with van der Waals surface area (Å²) in [6.45, 7) is 7.24. The summed E-state index contributed by atoms with van der Waals surface area (Å²) in [4.78, 5) is 15.0. The number of aliphatic hydroxyl groups is 2. The number of hydrogen-bond acceptors (Lipinski definition) is 5. The molecule has 0 aromatic heterocycles. The molecule has 5 heteroatoms. The maximum Gasteiger partial charge on any atom is 0.310 e. The Hall–Kier alpha value is -0.650. The summed E-state index contributed by atoms with van der Waals surface area (Å²) in [7, 11) is 0. The van der Waals surface area contributed by atoms with E-state index in [9.17, 15) is 15.0 Å². The summed E-state index contributed by atoms with van der Waals surface area (Å²) in [6, 6.07) is 0. The average Bonchev–Trinajstić information content (AvgIpc) is 2.91. The number of rotatable bonds is 2. The largest absolute Gasteiger partial charge is 0.462 e. The second-order valence-electron chi connectivity index (χ2n) is 9.37. The van der Waals surface area contributed by atoms with Gasteiger partial charge >= 0.3 is 5.97 Å². The molecular weight excluding hydrogens is 318 g/mol. The standard InChI is InChI=1S/C20H33NO4/c1-12-8-16-13(10-20(2)17(23)9-15(22)18(12)20)14(19(24)25-16)11-21-6-4-3-5-7-21/h12-18,22-23H,3-11H2,1-2H3. The zero-order valence-corrected chi connectivity index (χ0v) is 15.6. The zero-order chi connectivity index (χ0) is 17.8. The van der Waals surface area contributed by atoms with E-state index in [1.54, 1.807) is 0 Å². The van der Waals surface area contributed by atoms with Crippen molar-refractivity contribution in [2.45, 2.75) is 70.7 Å². The molecule has 5 nitrogen and oxygen atoms in total. The molecule has 2 saturated carbocycles. The van der Waals surface area contributed by atoms with Crippen molar-refractivity contribution in [3.8, 4) is 0 Å². The first-order chi connectivity index (χ1) is 11.9. The minimum Gasteiger partial charge on any atom is -0.462 e. The Morgan fingerprint density at radius 1 is 1.20 bits per heavy atom. The number of nitrogens with zero attached hydrogens (tertiary/aromatic N) is 1. The number of esters is 1. The van der Waals surface area contributed by atoms with Gasteiger partial charge in [0.15, 0.2) is 0 Å². The molecule has 4 rings (SSSR count). The van der Waals surface area contributed by atoms with E-state index in [2.05, 4.69) is 18.7 Å². The fourth-order valence-corrected chi connectivity index (χ4v) is 6.51. The summed E-state index contributed by atoms with van der Waals surface area (Å²) in [5.41, 5.74) is -0.313. The highest BCUT2D eigenvalue weighted by Crippen LogP contribution is 2.57. The number of hydrogen-bond donors (Lipinski definition) is 2. The van der Waals surface area contributed by atoms with Crippen LogP contribution in [0.5, 0.6) is 0 Å². The zero-order valence-electron chi connectivity index (χ0n) is 15.6. The van der Waals surface area contributed by atoms with E-state index in [-0.39, 0.29) is 41.2 Å². The normalized spacial score (nSPS) is 50.9. The Bertz CT molecular complexity index is 520. The molecule has 0 aromatic rings. The molecule has 0 amide bonds. The van der Waals surface area contributed by atoms with Crippen LogP contribution in [0.25, 0.3) is 0 Å². The van der Waals surface area contributed by atoms with E-state index in [1.165, 1.54) is 19.3 Å². The predicted octanol–water partition coefficient (Wildman–Crippen LogP) is 1.81. The lowest BCUT2D eigenvalue weighted by atomic mass is 9.68. The smallest absolute Gasteiger partial charge is 0.310 e. The first-order valence-electron chi connectivity index (χ1n) is 10.2. The number of fused-ring (bicyclic) bond motifs is 2. The molecule has 0 aromatic carbocycles. The number of carbonyl (C=O) groups excluding carboxylic acids is 1. The van der Waals surface area contributed by atoms with Crippen molar-refractivity contribution < 1.29 is 19.7 Å². The van der Waals surface area contributed by atoms with Crippen LogP contribution in [0, 0.1) is 29.1 Å². The van der Waals surface area contributed by atoms with Gasteiger partial charge in [0.25, 0.3) is 0 Å². The number of likely N-dealkylation sites (tertiary alicyclic amines) is 1. The van der Waals surface area contributed by atoms with E-state index in [4.69, 9.17) is 4.74 Å². The molecule has 4 fully saturated rings. The Labute approximate surface area is 150 Å². The van der Waals surface area contributed by atoms with Gasteiger partial charge in [-0.2, -0.15) is 0 Å². The average molecular weight is 351 g/mol. The van der Waals surface area contributed by atoms with Crippen LogP contribution in [0.15, 0.2) is 0 Å². The fourth-order valence-electron chi connectivity index (χ4n) is 6.51. The molecule has 0 radical (unpaired) electrons. The van der Waals surface area contributed by atoms with Crippen LogP contribution < -0.4 is 0 Å². The Morgan fingerprint density at radius 3 is 2.64 bits per heavy atom. The monoisotopic (exact) mass is 351 g/mol. The first kappa shape index (κ1) is 17.7. The minimum atomic E-state index is -0.486. The summed E-state index contributed by atoms with van der Waals surface area (Å²) in [6.07, 6.45) is 4.83. The van der Waals surface area contributed by atoms with Crippen LogP contribution in [-0.4, -0.2) is 59.0 Å². The Morgan fingerprint density at radius 2 is 1.92 bits per heavy atom. The van der Waals surface area contributed by atoms with E-state index < -0.39 is 12.2 Å². The van der Waals surface area contributed by atoms with Crippen molar-refractivity contribution in [3.63, 3.8) is 0 Å². The van der Waals surface area contributed by atoms with Crippen LogP contribution in [0.4, 0.5) is 0 Å². The molecule has 0 bridgehead atoms. The number of carbonyl (C=O) groups is 1. The van der Waals surface area contributed by atoms with Crippen LogP contribution >= 0.6 is 0 Å².